The van der Waals surface area contributed by atoms with Gasteiger partial charge >= 0.3 is 12.1 Å². The van der Waals surface area contributed by atoms with Gasteiger partial charge in [0.2, 0.25) is 5.76 Å². The summed E-state index contributed by atoms with van der Waals surface area (Å²) in [6.45, 7) is 2.32. The minimum Gasteiger partial charge on any atom is -0.417 e. The van der Waals surface area contributed by atoms with E-state index in [4.69, 9.17) is 4.42 Å². The van der Waals surface area contributed by atoms with E-state index in [1.807, 2.05) is 0 Å². The van der Waals surface area contributed by atoms with Gasteiger partial charge in [0.15, 0.2) is 5.69 Å². The maximum Gasteiger partial charge on any atom is 0.437 e. The van der Waals surface area contributed by atoms with Gasteiger partial charge in [0, 0.05) is 17.6 Å². The summed E-state index contributed by atoms with van der Waals surface area (Å²) in [5, 5.41) is 4.82. The van der Waals surface area contributed by atoms with Crippen LogP contribution in [0.2, 0.25) is 0 Å². The number of anilines is 3. The van der Waals surface area contributed by atoms with Crippen molar-refractivity contribution in [2.24, 2.45) is 0 Å². The Labute approximate surface area is 173 Å². The van der Waals surface area contributed by atoms with E-state index in [1.165, 1.54) is 19.1 Å². The lowest BCUT2D eigenvalue weighted by Gasteiger charge is -2.24. The molecule has 1 fully saturated rings. The summed E-state index contributed by atoms with van der Waals surface area (Å²) in [6, 6.07) is 1.39. The Kier molecular flexibility index (Phi) is 6.61. The molecule has 13 heteroatoms. The van der Waals surface area contributed by atoms with Crippen LogP contribution in [0, 0.1) is 0 Å². The molecule has 168 valence electrons. The second kappa shape index (κ2) is 9.18. The minimum atomic E-state index is -4.88. The smallest absolute Gasteiger partial charge is 0.417 e. The summed E-state index contributed by atoms with van der Waals surface area (Å²) >= 11 is 0. The van der Waals surface area contributed by atoms with Crippen LogP contribution in [0.3, 0.4) is 0 Å². The van der Waals surface area contributed by atoms with Crippen molar-refractivity contribution in [2.45, 2.75) is 38.4 Å². The van der Waals surface area contributed by atoms with Gasteiger partial charge in [-0.3, -0.25) is 9.74 Å². The first-order valence-electron chi connectivity index (χ1n) is 9.38. The highest BCUT2D eigenvalue weighted by molar-refractivity contribution is 6.03. The number of aromatic nitrogens is 2. The van der Waals surface area contributed by atoms with Crippen LogP contribution >= 0.6 is 0 Å². The number of hydrogen-bond acceptors (Lipinski definition) is 8. The Morgan fingerprint density at radius 3 is 2.52 bits per heavy atom. The molecule has 2 N–H and O–H groups in total. The fraction of sp³-hybridized carbons (Fsp3) is 0.444. The van der Waals surface area contributed by atoms with Crippen molar-refractivity contribution in [1.82, 2.24) is 9.97 Å². The van der Waals surface area contributed by atoms with Gasteiger partial charge in [-0.2, -0.15) is 18.2 Å². The molecule has 2 aromatic rings. The highest BCUT2D eigenvalue weighted by Crippen LogP contribution is 2.35. The number of nitrogens with zero attached hydrogens (tertiary/aromatic N) is 3. The Balaban J connectivity index is 1.75. The molecule has 31 heavy (non-hydrogen) atoms. The lowest BCUT2D eigenvalue weighted by atomic mass is 10.1. The van der Waals surface area contributed by atoms with Crippen molar-refractivity contribution in [3.63, 3.8) is 0 Å². The standard InChI is InChI=1S/C18H19F4N5O4/c1-10(16(29)31-22)24-12-6-5-11(9-23-12)25-15(28)13-14(18(19,20)21)26-17(30-13)27-7-3-2-4-8-27/h5-6,9-10H,2-4,7-8H2,1H3,(H,23,24)(H,25,28). The monoisotopic (exact) mass is 445 g/mol. The van der Waals surface area contributed by atoms with Crippen LogP contribution in [-0.4, -0.2) is 41.0 Å². The SMILES string of the molecule is CC(Nc1ccc(NC(=O)c2oc(N3CCCCC3)nc2C(F)(F)F)cn1)C(=O)OF. The number of rotatable bonds is 6. The molecule has 0 aliphatic carbocycles. The zero-order valence-electron chi connectivity index (χ0n) is 16.3. The van der Waals surface area contributed by atoms with Crippen molar-refractivity contribution in [3.05, 3.63) is 29.8 Å². The van der Waals surface area contributed by atoms with Gasteiger partial charge < -0.3 is 20.0 Å². The van der Waals surface area contributed by atoms with E-state index >= 15 is 0 Å². The van der Waals surface area contributed by atoms with E-state index < -0.39 is 35.5 Å². The molecule has 1 atom stereocenters. The lowest BCUT2D eigenvalue weighted by Crippen LogP contribution is -2.29. The summed E-state index contributed by atoms with van der Waals surface area (Å²) in [7, 11) is 0. The summed E-state index contributed by atoms with van der Waals surface area (Å²) in [5.41, 5.74) is -1.34. The normalized spacial score (nSPS) is 15.3. The number of nitrogens with one attached hydrogen (secondary N) is 2. The predicted molar refractivity (Wildman–Crippen MR) is 100 cm³/mol. The van der Waals surface area contributed by atoms with Crippen LogP contribution < -0.4 is 15.5 Å². The highest BCUT2D eigenvalue weighted by atomic mass is 19.4. The number of hydrogen-bond donors (Lipinski definition) is 2. The first-order chi connectivity index (χ1) is 14.7. The number of pyridine rings is 1. The van der Waals surface area contributed by atoms with Gasteiger partial charge in [-0.05, 0) is 38.3 Å². The van der Waals surface area contributed by atoms with Crippen LogP contribution in [0.1, 0.15) is 42.4 Å². The van der Waals surface area contributed by atoms with E-state index in [2.05, 4.69) is 25.5 Å². The van der Waals surface area contributed by atoms with Crippen molar-refractivity contribution < 1.29 is 36.6 Å². The third kappa shape index (κ3) is 5.41. The molecular formula is C18H19F4N5O4. The largest absolute Gasteiger partial charge is 0.437 e. The van der Waals surface area contributed by atoms with Crippen molar-refractivity contribution in [2.75, 3.05) is 28.6 Å². The molecule has 9 nitrogen and oxygen atoms in total. The molecule has 0 spiro atoms. The minimum absolute atomic E-state index is 0.0697. The number of piperidine rings is 1. The average Bonchev–Trinajstić information content (AvgIpc) is 3.21. The predicted octanol–water partition coefficient (Wildman–Crippen LogP) is 3.56. The number of alkyl halides is 3. The lowest BCUT2D eigenvalue weighted by molar-refractivity contribution is -0.184. The average molecular weight is 445 g/mol. The Morgan fingerprint density at radius 2 is 1.94 bits per heavy atom. The zero-order valence-corrected chi connectivity index (χ0v) is 16.3. The van der Waals surface area contributed by atoms with Crippen LogP contribution in [0.25, 0.3) is 0 Å². The molecule has 1 amide bonds. The van der Waals surface area contributed by atoms with E-state index in [0.717, 1.165) is 25.5 Å². The second-order valence-electron chi connectivity index (χ2n) is 6.87. The van der Waals surface area contributed by atoms with Crippen LogP contribution in [0.5, 0.6) is 0 Å². The van der Waals surface area contributed by atoms with E-state index in [-0.39, 0.29) is 17.5 Å². The molecule has 3 rings (SSSR count). The van der Waals surface area contributed by atoms with Gasteiger partial charge in [0.1, 0.15) is 11.9 Å². The van der Waals surface area contributed by atoms with Gasteiger partial charge in [-0.25, -0.2) is 9.78 Å². The molecule has 0 bridgehead atoms. The van der Waals surface area contributed by atoms with Crippen LogP contribution in [0.4, 0.5) is 35.2 Å². The number of halogens is 4. The summed E-state index contributed by atoms with van der Waals surface area (Å²) in [5.74, 6) is -3.10. The van der Waals surface area contributed by atoms with Crippen molar-refractivity contribution in [1.29, 1.82) is 0 Å². The van der Waals surface area contributed by atoms with E-state index in [0.29, 0.717) is 13.1 Å². The Bertz CT molecular complexity index is 926. The molecular weight excluding hydrogens is 426 g/mol. The Hall–Kier alpha value is -3.38. The maximum absolute atomic E-state index is 13.4. The molecule has 1 saturated heterocycles. The van der Waals surface area contributed by atoms with Crippen molar-refractivity contribution in [3.8, 4) is 0 Å². The van der Waals surface area contributed by atoms with Gasteiger partial charge in [0.05, 0.1) is 11.9 Å². The third-order valence-electron chi connectivity index (χ3n) is 4.53. The fourth-order valence-corrected chi connectivity index (χ4v) is 2.96. The zero-order chi connectivity index (χ0) is 22.6. The highest BCUT2D eigenvalue weighted by Gasteiger charge is 2.42. The van der Waals surface area contributed by atoms with Gasteiger partial charge in [0.25, 0.3) is 11.9 Å². The molecule has 0 radical (unpaired) electrons. The van der Waals surface area contributed by atoms with Crippen LogP contribution in [-0.2, 0) is 15.9 Å². The molecule has 0 saturated carbocycles. The summed E-state index contributed by atoms with van der Waals surface area (Å²) in [4.78, 5) is 35.6. The fourth-order valence-electron chi connectivity index (χ4n) is 2.96. The molecule has 3 heterocycles. The molecule has 1 aliphatic heterocycles. The first kappa shape index (κ1) is 22.3. The number of carbonyl (C=O) groups is 2. The number of amides is 1. The van der Waals surface area contributed by atoms with Gasteiger partial charge in [-0.1, -0.05) is 0 Å². The first-order valence-corrected chi connectivity index (χ1v) is 9.38. The maximum atomic E-state index is 13.4. The molecule has 1 aliphatic rings. The molecule has 1 unspecified atom stereocenters. The molecule has 2 aromatic heterocycles. The quantitative estimate of drug-likeness (QED) is 0.650. The van der Waals surface area contributed by atoms with E-state index in [1.54, 1.807) is 4.90 Å². The van der Waals surface area contributed by atoms with Crippen LogP contribution in [0.15, 0.2) is 22.7 Å². The third-order valence-corrected chi connectivity index (χ3v) is 4.53. The summed E-state index contributed by atoms with van der Waals surface area (Å²) in [6.07, 6.45) is -1.19. The number of oxazole rings is 1. The number of carbonyl (C=O) groups excluding carboxylic acids is 2. The Morgan fingerprint density at radius 1 is 1.23 bits per heavy atom. The topological polar surface area (TPSA) is 110 Å². The van der Waals surface area contributed by atoms with E-state index in [9.17, 15) is 27.3 Å². The van der Waals surface area contributed by atoms with Crippen molar-refractivity contribution >= 4 is 29.4 Å². The van der Waals surface area contributed by atoms with Gasteiger partial charge in [-0.15, -0.1) is 0 Å². The summed E-state index contributed by atoms with van der Waals surface area (Å²) < 4.78 is 57.3. The molecule has 0 aromatic carbocycles. The second-order valence-corrected chi connectivity index (χ2v) is 6.87.